The summed E-state index contributed by atoms with van der Waals surface area (Å²) in [7, 11) is 0. The Morgan fingerprint density at radius 2 is 1.81 bits per heavy atom. The number of para-hydroxylation sites is 1. The Balaban J connectivity index is 1.54. The first-order valence-electron chi connectivity index (χ1n) is 7.92. The molecule has 2 N–H and O–H groups in total. The number of benzene rings is 2. The van der Waals surface area contributed by atoms with E-state index in [0.29, 0.717) is 5.75 Å². The number of hydrogen-bond donors (Lipinski definition) is 2. The Hall–Kier alpha value is -2.87. The number of carbonyl (C=O) groups excluding carboxylic acids is 3. The highest BCUT2D eigenvalue weighted by atomic mass is 32.2. The van der Waals surface area contributed by atoms with Crippen LogP contribution in [-0.2, 0) is 9.59 Å². The number of amides is 3. The molecule has 0 atom stereocenters. The summed E-state index contributed by atoms with van der Waals surface area (Å²) in [5.41, 5.74) is 5.02. The maximum Gasteiger partial charge on any atom is 0.272 e. The number of nitrogens with zero attached hydrogens (tertiary/aromatic N) is 1. The maximum absolute atomic E-state index is 13.5. The third-order valence-electron chi connectivity index (χ3n) is 3.80. The third-order valence-corrected chi connectivity index (χ3v) is 4.85. The van der Waals surface area contributed by atoms with E-state index in [0.717, 1.165) is 16.6 Å². The van der Waals surface area contributed by atoms with Gasteiger partial charge in [0.25, 0.3) is 5.91 Å². The second-order valence-corrected chi connectivity index (χ2v) is 6.55. The molecule has 0 spiro atoms. The van der Waals surface area contributed by atoms with Gasteiger partial charge < -0.3 is 4.90 Å². The Labute approximate surface area is 153 Å². The molecule has 8 heteroatoms. The lowest BCUT2D eigenvalue weighted by atomic mass is 10.2. The fourth-order valence-corrected chi connectivity index (χ4v) is 3.45. The molecule has 3 amide bonds. The molecule has 1 heterocycles. The van der Waals surface area contributed by atoms with Gasteiger partial charge in [-0.25, -0.2) is 4.39 Å². The normalized spacial score (nSPS) is 13.1. The van der Waals surface area contributed by atoms with Crippen molar-refractivity contribution in [2.24, 2.45) is 0 Å². The molecule has 1 aliphatic rings. The molecule has 0 bridgehead atoms. The van der Waals surface area contributed by atoms with Crippen LogP contribution in [0.1, 0.15) is 16.8 Å². The van der Waals surface area contributed by atoms with E-state index in [1.165, 1.54) is 30.0 Å². The Kier molecular flexibility index (Phi) is 5.52. The fourth-order valence-electron chi connectivity index (χ4n) is 2.51. The number of hydrogen-bond acceptors (Lipinski definition) is 4. The molecule has 0 radical (unpaired) electrons. The topological polar surface area (TPSA) is 78.5 Å². The van der Waals surface area contributed by atoms with Crippen molar-refractivity contribution in [3.8, 4) is 0 Å². The van der Waals surface area contributed by atoms with Gasteiger partial charge in [-0.3, -0.25) is 25.2 Å². The van der Waals surface area contributed by atoms with Gasteiger partial charge in [0.15, 0.2) is 0 Å². The van der Waals surface area contributed by atoms with Crippen molar-refractivity contribution in [2.45, 2.75) is 11.3 Å². The minimum Gasteiger partial charge on any atom is -0.310 e. The molecule has 0 unspecified atom stereocenters. The van der Waals surface area contributed by atoms with Crippen LogP contribution in [0.2, 0.25) is 0 Å². The molecule has 3 rings (SSSR count). The average Bonchev–Trinajstić information content (AvgIpc) is 2.65. The first-order valence-corrected chi connectivity index (χ1v) is 8.91. The lowest BCUT2D eigenvalue weighted by molar-refractivity contribution is -0.121. The number of carbonyl (C=O) groups is 3. The Morgan fingerprint density at radius 3 is 2.62 bits per heavy atom. The second-order valence-electron chi connectivity index (χ2n) is 5.53. The van der Waals surface area contributed by atoms with Crippen molar-refractivity contribution in [3.63, 3.8) is 0 Å². The standard InChI is InChI=1S/C18H16FN3O3S/c19-13-6-2-1-5-12(13)18(25)21-20-16(23)9-10-22-14-7-3-4-8-15(14)26-11-17(22)24/h1-8H,9-11H2,(H,20,23)(H,21,25). The third kappa shape index (κ3) is 4.02. The smallest absolute Gasteiger partial charge is 0.272 e. The van der Waals surface area contributed by atoms with Gasteiger partial charge in [-0.15, -0.1) is 11.8 Å². The number of fused-ring (bicyclic) bond motifs is 1. The molecule has 2 aromatic carbocycles. The van der Waals surface area contributed by atoms with Gasteiger partial charge in [-0.1, -0.05) is 24.3 Å². The summed E-state index contributed by atoms with van der Waals surface area (Å²) in [6.45, 7) is 0.192. The molecule has 0 saturated heterocycles. The van der Waals surface area contributed by atoms with E-state index in [2.05, 4.69) is 10.9 Å². The van der Waals surface area contributed by atoms with Gasteiger partial charge in [0.2, 0.25) is 11.8 Å². The number of rotatable bonds is 4. The molecule has 2 aromatic rings. The van der Waals surface area contributed by atoms with Crippen LogP contribution in [0.4, 0.5) is 10.1 Å². The van der Waals surface area contributed by atoms with Gasteiger partial charge in [0.05, 0.1) is 17.0 Å². The molecule has 1 aliphatic heterocycles. The van der Waals surface area contributed by atoms with E-state index in [1.807, 2.05) is 24.3 Å². The van der Waals surface area contributed by atoms with Crippen LogP contribution in [0.25, 0.3) is 0 Å². The average molecular weight is 373 g/mol. The second kappa shape index (κ2) is 8.01. The molecule has 6 nitrogen and oxygen atoms in total. The summed E-state index contributed by atoms with van der Waals surface area (Å²) in [5, 5.41) is 0. The highest BCUT2D eigenvalue weighted by molar-refractivity contribution is 8.00. The minimum absolute atomic E-state index is 0.00227. The quantitative estimate of drug-likeness (QED) is 0.805. The minimum atomic E-state index is -0.743. The number of hydrazine groups is 1. The summed E-state index contributed by atoms with van der Waals surface area (Å²) < 4.78 is 13.5. The maximum atomic E-state index is 13.5. The predicted molar refractivity (Wildman–Crippen MR) is 96.1 cm³/mol. The number of nitrogens with one attached hydrogen (secondary N) is 2. The van der Waals surface area contributed by atoms with Gasteiger partial charge in [0.1, 0.15) is 5.82 Å². The highest BCUT2D eigenvalue weighted by Gasteiger charge is 2.24. The molecule has 0 aromatic heterocycles. The van der Waals surface area contributed by atoms with Crippen molar-refractivity contribution in [1.29, 1.82) is 0 Å². The monoisotopic (exact) mass is 373 g/mol. The Morgan fingerprint density at radius 1 is 1.08 bits per heavy atom. The molecule has 0 aliphatic carbocycles. The SMILES string of the molecule is O=C(CCN1C(=O)CSc2ccccc21)NNC(=O)c1ccccc1F. The zero-order valence-electron chi connectivity index (χ0n) is 13.7. The van der Waals surface area contributed by atoms with E-state index in [-0.39, 0.29) is 24.4 Å². The van der Waals surface area contributed by atoms with Crippen LogP contribution in [0.3, 0.4) is 0 Å². The van der Waals surface area contributed by atoms with E-state index >= 15 is 0 Å². The van der Waals surface area contributed by atoms with Crippen LogP contribution in [0.15, 0.2) is 53.4 Å². The summed E-state index contributed by atoms with van der Waals surface area (Å²) >= 11 is 1.46. The number of halogens is 1. The van der Waals surface area contributed by atoms with Crippen molar-refractivity contribution < 1.29 is 18.8 Å². The van der Waals surface area contributed by atoms with Crippen LogP contribution in [0, 0.1) is 5.82 Å². The van der Waals surface area contributed by atoms with Crippen molar-refractivity contribution >= 4 is 35.2 Å². The lowest BCUT2D eigenvalue weighted by Crippen LogP contribution is -2.44. The van der Waals surface area contributed by atoms with Crippen LogP contribution in [-0.4, -0.2) is 30.0 Å². The van der Waals surface area contributed by atoms with Crippen molar-refractivity contribution in [3.05, 3.63) is 59.9 Å². The lowest BCUT2D eigenvalue weighted by Gasteiger charge is -2.28. The zero-order valence-corrected chi connectivity index (χ0v) is 14.5. The van der Waals surface area contributed by atoms with Gasteiger partial charge in [0, 0.05) is 17.9 Å². The van der Waals surface area contributed by atoms with E-state index in [1.54, 1.807) is 4.90 Å². The molecule has 0 saturated carbocycles. The molecular formula is C18H16FN3O3S. The molecular weight excluding hydrogens is 357 g/mol. The van der Waals surface area contributed by atoms with Crippen LogP contribution >= 0.6 is 11.8 Å². The van der Waals surface area contributed by atoms with Crippen molar-refractivity contribution in [1.82, 2.24) is 10.9 Å². The summed E-state index contributed by atoms with van der Waals surface area (Å²) in [4.78, 5) is 38.5. The van der Waals surface area contributed by atoms with Crippen LogP contribution in [0.5, 0.6) is 0 Å². The summed E-state index contributed by atoms with van der Waals surface area (Å²) in [5.74, 6) is -1.64. The van der Waals surface area contributed by atoms with E-state index in [4.69, 9.17) is 0 Å². The van der Waals surface area contributed by atoms with Crippen molar-refractivity contribution in [2.75, 3.05) is 17.2 Å². The van der Waals surface area contributed by atoms with E-state index in [9.17, 15) is 18.8 Å². The van der Waals surface area contributed by atoms with Crippen LogP contribution < -0.4 is 15.8 Å². The van der Waals surface area contributed by atoms with E-state index < -0.39 is 17.6 Å². The number of anilines is 1. The molecule has 134 valence electrons. The first kappa shape index (κ1) is 17.9. The van der Waals surface area contributed by atoms with Gasteiger partial charge in [-0.2, -0.15) is 0 Å². The number of thioether (sulfide) groups is 1. The fraction of sp³-hybridized carbons (Fsp3) is 0.167. The first-order chi connectivity index (χ1) is 12.6. The van der Waals surface area contributed by atoms with Gasteiger partial charge >= 0.3 is 0 Å². The summed E-state index contributed by atoms with van der Waals surface area (Å²) in [6, 6.07) is 13.0. The zero-order chi connectivity index (χ0) is 18.5. The molecule has 26 heavy (non-hydrogen) atoms. The Bertz CT molecular complexity index is 859. The molecule has 0 fully saturated rings. The van der Waals surface area contributed by atoms with Gasteiger partial charge in [-0.05, 0) is 24.3 Å². The highest BCUT2D eigenvalue weighted by Crippen LogP contribution is 2.34. The summed E-state index contributed by atoms with van der Waals surface area (Å²) in [6.07, 6.45) is 0.00227. The largest absolute Gasteiger partial charge is 0.310 e. The predicted octanol–water partition coefficient (Wildman–Crippen LogP) is 2.12.